The molecule has 4 nitrogen and oxygen atoms in total. The van der Waals surface area contributed by atoms with Crippen molar-refractivity contribution in [2.24, 2.45) is 5.92 Å². The summed E-state index contributed by atoms with van der Waals surface area (Å²) >= 11 is 5.67. The Hall–Kier alpha value is -1.03. The van der Waals surface area contributed by atoms with E-state index in [0.717, 1.165) is 0 Å². The van der Waals surface area contributed by atoms with Gasteiger partial charge in [0.2, 0.25) is 11.8 Å². The largest absolute Gasteiger partial charge is 0.345 e. The van der Waals surface area contributed by atoms with Crippen molar-refractivity contribution >= 4 is 23.4 Å². The number of rotatable bonds is 3. The van der Waals surface area contributed by atoms with Gasteiger partial charge in [-0.1, -0.05) is 32.0 Å². The number of carbonyl (C=O) groups excluding carboxylic acids is 2. The number of carbonyl (C=O) groups is 2. The number of nitrogens with one attached hydrogen (secondary N) is 1. The number of hydrogen-bond donors (Lipinski definition) is 1. The van der Waals surface area contributed by atoms with Crippen LogP contribution in [0, 0.1) is 5.92 Å². The summed E-state index contributed by atoms with van der Waals surface area (Å²) in [5.74, 6) is -0.178. The molecule has 84 valence electrons. The van der Waals surface area contributed by atoms with Crippen LogP contribution in [0.2, 0.25) is 0 Å². The molecule has 0 aliphatic carbocycles. The highest BCUT2D eigenvalue weighted by molar-refractivity contribution is 6.29. The van der Waals surface area contributed by atoms with E-state index in [4.69, 9.17) is 11.6 Å². The smallest absolute Gasteiger partial charge is 0.243 e. The molecule has 1 atom stereocenters. The summed E-state index contributed by atoms with van der Waals surface area (Å²) in [6.07, 6.45) is 0. The lowest BCUT2D eigenvalue weighted by molar-refractivity contribution is -0.146. The van der Waals surface area contributed by atoms with Gasteiger partial charge in [0.25, 0.3) is 0 Å². The van der Waals surface area contributed by atoms with Gasteiger partial charge in [-0.05, 0) is 5.92 Å². The molecule has 1 N–H and O–H groups in total. The van der Waals surface area contributed by atoms with E-state index in [1.54, 1.807) is 0 Å². The van der Waals surface area contributed by atoms with Crippen molar-refractivity contribution in [3.8, 4) is 0 Å². The van der Waals surface area contributed by atoms with E-state index in [-0.39, 0.29) is 30.8 Å². The molecule has 1 rings (SSSR count). The zero-order valence-electron chi connectivity index (χ0n) is 8.92. The van der Waals surface area contributed by atoms with Crippen LogP contribution >= 0.6 is 11.6 Å². The minimum atomic E-state index is -0.443. The van der Waals surface area contributed by atoms with Crippen molar-refractivity contribution in [1.82, 2.24) is 10.2 Å². The van der Waals surface area contributed by atoms with Crippen LogP contribution in [0.1, 0.15) is 13.8 Å². The second-order valence-electron chi connectivity index (χ2n) is 3.95. The fourth-order valence-electron chi connectivity index (χ4n) is 1.70. The van der Waals surface area contributed by atoms with E-state index >= 15 is 0 Å². The average molecular weight is 231 g/mol. The van der Waals surface area contributed by atoms with E-state index < -0.39 is 6.04 Å². The summed E-state index contributed by atoms with van der Waals surface area (Å²) < 4.78 is 0. The molecule has 0 saturated carbocycles. The topological polar surface area (TPSA) is 49.4 Å². The van der Waals surface area contributed by atoms with Crippen LogP contribution in [0.5, 0.6) is 0 Å². The highest BCUT2D eigenvalue weighted by Gasteiger charge is 2.36. The van der Waals surface area contributed by atoms with E-state index in [9.17, 15) is 9.59 Å². The van der Waals surface area contributed by atoms with Gasteiger partial charge < -0.3 is 10.2 Å². The second kappa shape index (κ2) is 4.66. The van der Waals surface area contributed by atoms with Crippen molar-refractivity contribution in [3.05, 3.63) is 11.6 Å². The fourth-order valence-corrected chi connectivity index (χ4v) is 1.83. The predicted octanol–water partition coefficient (Wildman–Crippen LogP) is 0.722. The first kappa shape index (κ1) is 12.0. The van der Waals surface area contributed by atoms with E-state index in [2.05, 4.69) is 11.9 Å². The quantitative estimate of drug-likeness (QED) is 0.777. The van der Waals surface area contributed by atoms with Gasteiger partial charge in [-0.15, -0.1) is 0 Å². The van der Waals surface area contributed by atoms with Crippen LogP contribution in [0.25, 0.3) is 0 Å². The summed E-state index contributed by atoms with van der Waals surface area (Å²) in [5, 5.41) is 2.93. The Balaban J connectivity index is 2.87. The third kappa shape index (κ3) is 2.72. The highest BCUT2D eigenvalue weighted by atomic mass is 35.5. The van der Waals surface area contributed by atoms with Gasteiger partial charge in [-0.3, -0.25) is 9.59 Å². The molecular weight excluding hydrogens is 216 g/mol. The minimum Gasteiger partial charge on any atom is -0.345 e. The van der Waals surface area contributed by atoms with E-state index in [1.807, 2.05) is 13.8 Å². The first-order chi connectivity index (χ1) is 6.93. The van der Waals surface area contributed by atoms with Crippen molar-refractivity contribution < 1.29 is 9.59 Å². The minimum absolute atomic E-state index is 0.0478. The lowest BCUT2D eigenvalue weighted by Crippen LogP contribution is -2.60. The summed E-state index contributed by atoms with van der Waals surface area (Å²) in [7, 11) is 0. The Bertz CT molecular complexity index is 302. The summed E-state index contributed by atoms with van der Waals surface area (Å²) in [6.45, 7) is 7.61. The third-order valence-corrected chi connectivity index (χ3v) is 2.43. The molecule has 5 heteroatoms. The fraction of sp³-hybridized carbons (Fsp3) is 0.600. The van der Waals surface area contributed by atoms with Crippen LogP contribution < -0.4 is 5.32 Å². The lowest BCUT2D eigenvalue weighted by Gasteiger charge is -2.36. The zero-order chi connectivity index (χ0) is 11.6. The second-order valence-corrected chi connectivity index (χ2v) is 4.48. The Labute approximate surface area is 94.3 Å². The van der Waals surface area contributed by atoms with Crippen molar-refractivity contribution in [2.75, 3.05) is 13.1 Å². The molecular formula is C10H15ClN2O2. The van der Waals surface area contributed by atoms with Gasteiger partial charge in [0.1, 0.15) is 6.04 Å². The number of nitrogens with zero attached hydrogens (tertiary/aromatic N) is 1. The van der Waals surface area contributed by atoms with Crippen LogP contribution in [0.3, 0.4) is 0 Å². The lowest BCUT2D eigenvalue weighted by atomic mass is 9.99. The van der Waals surface area contributed by atoms with Crippen LogP contribution in [0.15, 0.2) is 11.6 Å². The zero-order valence-corrected chi connectivity index (χ0v) is 9.67. The Morgan fingerprint density at radius 3 is 2.73 bits per heavy atom. The first-order valence-corrected chi connectivity index (χ1v) is 5.21. The molecule has 0 aromatic heterocycles. The molecule has 1 aliphatic rings. The van der Waals surface area contributed by atoms with Crippen molar-refractivity contribution in [2.45, 2.75) is 19.9 Å². The van der Waals surface area contributed by atoms with Crippen LogP contribution in [-0.4, -0.2) is 35.8 Å². The van der Waals surface area contributed by atoms with Crippen LogP contribution in [-0.2, 0) is 9.59 Å². The molecule has 0 radical (unpaired) electrons. The van der Waals surface area contributed by atoms with Gasteiger partial charge in [0, 0.05) is 5.03 Å². The molecule has 1 aliphatic heterocycles. The van der Waals surface area contributed by atoms with Gasteiger partial charge in [-0.2, -0.15) is 0 Å². The Kier molecular flexibility index (Phi) is 3.74. The molecule has 1 fully saturated rings. The molecule has 0 aromatic rings. The van der Waals surface area contributed by atoms with E-state index in [1.165, 1.54) is 4.90 Å². The number of halogens is 1. The summed E-state index contributed by atoms with van der Waals surface area (Å²) in [5.41, 5.74) is 0. The normalized spacial score (nSPS) is 21.9. The first-order valence-electron chi connectivity index (χ1n) is 4.84. The monoisotopic (exact) mass is 230 g/mol. The van der Waals surface area contributed by atoms with Gasteiger partial charge in [0.05, 0.1) is 13.1 Å². The van der Waals surface area contributed by atoms with Crippen molar-refractivity contribution in [3.63, 3.8) is 0 Å². The summed E-state index contributed by atoms with van der Waals surface area (Å²) in [6, 6.07) is -0.443. The molecule has 0 bridgehead atoms. The Morgan fingerprint density at radius 2 is 2.27 bits per heavy atom. The molecule has 2 amide bonds. The molecule has 1 heterocycles. The van der Waals surface area contributed by atoms with Crippen LogP contribution in [0.4, 0.5) is 0 Å². The molecule has 1 saturated heterocycles. The van der Waals surface area contributed by atoms with Gasteiger partial charge in [0.15, 0.2) is 0 Å². The van der Waals surface area contributed by atoms with Gasteiger partial charge in [-0.25, -0.2) is 0 Å². The predicted molar refractivity (Wildman–Crippen MR) is 58.3 cm³/mol. The SMILES string of the molecule is C=C(Cl)CN1C(=O)CNC(=O)C1C(C)C. The maximum absolute atomic E-state index is 11.6. The number of piperazine rings is 1. The van der Waals surface area contributed by atoms with Gasteiger partial charge >= 0.3 is 0 Å². The molecule has 15 heavy (non-hydrogen) atoms. The standard InChI is InChI=1S/C10H15ClN2O2/c1-6(2)9-10(15)12-4-8(14)13(9)5-7(3)11/h6,9H,3-5H2,1-2H3,(H,12,15). The molecule has 1 unspecified atom stereocenters. The highest BCUT2D eigenvalue weighted by Crippen LogP contribution is 2.16. The maximum atomic E-state index is 11.6. The molecule has 0 aromatic carbocycles. The Morgan fingerprint density at radius 1 is 1.67 bits per heavy atom. The number of hydrogen-bond acceptors (Lipinski definition) is 2. The third-order valence-electron chi connectivity index (χ3n) is 2.31. The molecule has 0 spiro atoms. The van der Waals surface area contributed by atoms with E-state index in [0.29, 0.717) is 5.03 Å². The van der Waals surface area contributed by atoms with Crippen molar-refractivity contribution in [1.29, 1.82) is 0 Å². The number of amides is 2. The average Bonchev–Trinajstić information content (AvgIpc) is 2.10. The maximum Gasteiger partial charge on any atom is 0.243 e. The summed E-state index contributed by atoms with van der Waals surface area (Å²) in [4.78, 5) is 24.7.